The highest BCUT2D eigenvalue weighted by Crippen LogP contribution is 2.16. The van der Waals surface area contributed by atoms with E-state index in [1.807, 2.05) is 6.07 Å². The number of halogens is 1. The minimum atomic E-state index is -0.354. The van der Waals surface area contributed by atoms with Crippen molar-refractivity contribution in [3.8, 4) is 0 Å². The van der Waals surface area contributed by atoms with E-state index in [-0.39, 0.29) is 12.0 Å². The maximum Gasteiger partial charge on any atom is 0.193 e. The predicted molar refractivity (Wildman–Crippen MR) is 60.4 cm³/mol. The minimum absolute atomic E-state index is 0.257. The lowest BCUT2D eigenvalue weighted by molar-refractivity contribution is 0.0903. The van der Waals surface area contributed by atoms with Crippen molar-refractivity contribution in [1.82, 2.24) is 5.32 Å². The molecule has 2 N–H and O–H groups in total. The molecule has 1 aromatic heterocycles. The molecule has 0 radical (unpaired) electrons. The third kappa shape index (κ3) is 3.22. The predicted octanol–water partition coefficient (Wildman–Crippen LogP) is 1.42. The fourth-order valence-corrected chi connectivity index (χ4v) is 1.97. The van der Waals surface area contributed by atoms with Crippen LogP contribution in [0, 0.1) is 5.92 Å². The number of furan rings is 1. The number of aliphatic hydroxyl groups is 1. The van der Waals surface area contributed by atoms with Crippen molar-refractivity contribution in [2.24, 2.45) is 5.92 Å². The summed E-state index contributed by atoms with van der Waals surface area (Å²) in [6.45, 7) is 2.55. The van der Waals surface area contributed by atoms with Crippen LogP contribution in [0.2, 0.25) is 5.22 Å². The molecule has 4 nitrogen and oxygen atoms in total. The lowest BCUT2D eigenvalue weighted by Crippen LogP contribution is -2.32. The van der Waals surface area contributed by atoms with Gasteiger partial charge in [0, 0.05) is 19.1 Å². The molecule has 0 amide bonds. The largest absolute Gasteiger partial charge is 0.448 e. The summed E-state index contributed by atoms with van der Waals surface area (Å²) in [7, 11) is 0. The fraction of sp³-hybridized carbons (Fsp3) is 0.636. The third-order valence-corrected chi connectivity index (χ3v) is 2.99. The van der Waals surface area contributed by atoms with E-state index < -0.39 is 0 Å². The van der Waals surface area contributed by atoms with Crippen molar-refractivity contribution < 1.29 is 14.3 Å². The third-order valence-electron chi connectivity index (χ3n) is 2.79. The van der Waals surface area contributed by atoms with E-state index in [1.165, 1.54) is 0 Å². The van der Waals surface area contributed by atoms with Gasteiger partial charge in [-0.25, -0.2) is 0 Å². The van der Waals surface area contributed by atoms with Crippen LogP contribution in [0.3, 0.4) is 0 Å². The Morgan fingerprint density at radius 2 is 2.44 bits per heavy atom. The molecule has 1 fully saturated rings. The van der Waals surface area contributed by atoms with Gasteiger partial charge in [0.2, 0.25) is 0 Å². The van der Waals surface area contributed by atoms with Crippen LogP contribution in [0.5, 0.6) is 0 Å². The van der Waals surface area contributed by atoms with Gasteiger partial charge >= 0.3 is 0 Å². The lowest BCUT2D eigenvalue weighted by Gasteiger charge is -2.16. The van der Waals surface area contributed by atoms with Gasteiger partial charge in [-0.1, -0.05) is 0 Å². The van der Waals surface area contributed by atoms with Crippen LogP contribution in [-0.4, -0.2) is 31.0 Å². The molecule has 2 rings (SSSR count). The van der Waals surface area contributed by atoms with Crippen molar-refractivity contribution in [3.05, 3.63) is 23.1 Å². The molecule has 0 saturated carbocycles. The van der Waals surface area contributed by atoms with Crippen molar-refractivity contribution in [3.63, 3.8) is 0 Å². The monoisotopic (exact) mass is 245 g/mol. The summed E-state index contributed by atoms with van der Waals surface area (Å²) in [4.78, 5) is 0. The summed E-state index contributed by atoms with van der Waals surface area (Å²) >= 11 is 5.65. The summed E-state index contributed by atoms with van der Waals surface area (Å²) in [5.74, 6) is 1.03. The van der Waals surface area contributed by atoms with Crippen LogP contribution in [-0.2, 0) is 11.3 Å². The van der Waals surface area contributed by atoms with E-state index in [0.717, 1.165) is 18.8 Å². The molecule has 0 spiro atoms. The molecule has 1 aliphatic rings. The number of aliphatic hydroxyl groups excluding tert-OH is 1. The minimum Gasteiger partial charge on any atom is -0.448 e. The van der Waals surface area contributed by atoms with Gasteiger partial charge in [-0.15, -0.1) is 0 Å². The molecule has 90 valence electrons. The average molecular weight is 246 g/mol. The highest BCUT2D eigenvalue weighted by Gasteiger charge is 2.23. The first-order chi connectivity index (χ1) is 7.75. The number of hydrogen-bond acceptors (Lipinski definition) is 4. The van der Waals surface area contributed by atoms with E-state index in [2.05, 4.69) is 5.32 Å². The van der Waals surface area contributed by atoms with Gasteiger partial charge in [-0.3, -0.25) is 0 Å². The summed E-state index contributed by atoms with van der Waals surface area (Å²) in [6, 6.07) is 3.53. The summed E-state index contributed by atoms with van der Waals surface area (Å²) in [6.07, 6.45) is 0.586. The second-order valence-corrected chi connectivity index (χ2v) is 4.40. The van der Waals surface area contributed by atoms with Crippen LogP contribution in [0.15, 0.2) is 16.5 Å². The zero-order valence-corrected chi connectivity index (χ0v) is 9.74. The van der Waals surface area contributed by atoms with E-state index in [0.29, 0.717) is 24.9 Å². The molecule has 1 aliphatic heterocycles. The first-order valence-corrected chi connectivity index (χ1v) is 5.84. The standard InChI is InChI=1S/C11H16ClNO3/c12-11-2-1-9(16-11)5-13-6-10(14)8-3-4-15-7-8/h1-2,8,10,13-14H,3-7H2. The van der Waals surface area contributed by atoms with Crippen LogP contribution in [0.1, 0.15) is 12.2 Å². The molecule has 1 saturated heterocycles. The quantitative estimate of drug-likeness (QED) is 0.824. The van der Waals surface area contributed by atoms with E-state index in [4.69, 9.17) is 20.8 Å². The molecular weight excluding hydrogens is 230 g/mol. The van der Waals surface area contributed by atoms with E-state index in [9.17, 15) is 5.11 Å². The average Bonchev–Trinajstić information content (AvgIpc) is 2.89. The van der Waals surface area contributed by atoms with Crippen molar-refractivity contribution in [2.45, 2.75) is 19.1 Å². The van der Waals surface area contributed by atoms with Crippen molar-refractivity contribution in [1.29, 1.82) is 0 Å². The Balaban J connectivity index is 1.67. The van der Waals surface area contributed by atoms with Crippen molar-refractivity contribution >= 4 is 11.6 Å². The topological polar surface area (TPSA) is 54.6 Å². The van der Waals surface area contributed by atoms with Gasteiger partial charge in [-0.05, 0) is 30.2 Å². The van der Waals surface area contributed by atoms with E-state index in [1.54, 1.807) is 6.07 Å². The summed E-state index contributed by atoms with van der Waals surface area (Å²) < 4.78 is 10.4. The highest BCUT2D eigenvalue weighted by molar-refractivity contribution is 6.28. The van der Waals surface area contributed by atoms with E-state index >= 15 is 0 Å². The maximum absolute atomic E-state index is 9.83. The number of nitrogens with one attached hydrogen (secondary N) is 1. The molecule has 1 aromatic rings. The molecule has 16 heavy (non-hydrogen) atoms. The van der Waals surface area contributed by atoms with Crippen LogP contribution in [0.4, 0.5) is 0 Å². The maximum atomic E-state index is 9.83. The Labute approximate surface area is 99.5 Å². The highest BCUT2D eigenvalue weighted by atomic mass is 35.5. The Morgan fingerprint density at radius 3 is 3.06 bits per heavy atom. The zero-order chi connectivity index (χ0) is 11.4. The smallest absolute Gasteiger partial charge is 0.193 e. The van der Waals surface area contributed by atoms with Crippen LogP contribution < -0.4 is 5.32 Å². The Morgan fingerprint density at radius 1 is 1.56 bits per heavy atom. The Bertz CT molecular complexity index is 323. The second-order valence-electron chi connectivity index (χ2n) is 4.03. The molecule has 0 bridgehead atoms. The number of ether oxygens (including phenoxy) is 1. The van der Waals surface area contributed by atoms with Gasteiger partial charge in [0.15, 0.2) is 5.22 Å². The second kappa shape index (κ2) is 5.68. The van der Waals surface area contributed by atoms with Gasteiger partial charge in [0.05, 0.1) is 19.3 Å². The van der Waals surface area contributed by atoms with Gasteiger partial charge < -0.3 is 19.6 Å². The molecule has 0 aliphatic carbocycles. The molecule has 5 heteroatoms. The molecule has 0 aromatic carbocycles. The normalized spacial score (nSPS) is 22.5. The van der Waals surface area contributed by atoms with Crippen molar-refractivity contribution in [2.75, 3.05) is 19.8 Å². The summed E-state index contributed by atoms with van der Waals surface area (Å²) in [5.41, 5.74) is 0. The molecule has 2 heterocycles. The van der Waals surface area contributed by atoms with Crippen LogP contribution in [0.25, 0.3) is 0 Å². The first kappa shape index (κ1) is 11.9. The SMILES string of the molecule is OC(CNCc1ccc(Cl)o1)C1CCOC1. The molecular formula is C11H16ClNO3. The summed E-state index contributed by atoms with van der Waals surface area (Å²) in [5, 5.41) is 13.4. The van der Waals surface area contributed by atoms with Gasteiger partial charge in [0.25, 0.3) is 0 Å². The fourth-order valence-electron chi connectivity index (χ4n) is 1.81. The first-order valence-electron chi connectivity index (χ1n) is 5.46. The van der Waals surface area contributed by atoms with Gasteiger partial charge in [0.1, 0.15) is 5.76 Å². The lowest BCUT2D eigenvalue weighted by atomic mass is 10.0. The number of hydrogen-bond donors (Lipinski definition) is 2. The van der Waals surface area contributed by atoms with Crippen LogP contribution >= 0.6 is 11.6 Å². The van der Waals surface area contributed by atoms with Gasteiger partial charge in [-0.2, -0.15) is 0 Å². The Kier molecular flexibility index (Phi) is 4.23. The zero-order valence-electron chi connectivity index (χ0n) is 8.99. The molecule has 2 unspecified atom stereocenters. The molecule has 2 atom stereocenters. The Hall–Kier alpha value is -0.550. The number of rotatable bonds is 5.